The fourth-order valence-electron chi connectivity index (χ4n) is 4.11. The maximum atomic E-state index is 13.4. The maximum absolute atomic E-state index is 13.4. The Hall–Kier alpha value is -4.22. The standard InChI is InChI=1S/C23H18F3N5O5S/c1-13-19(20-18(37(34,35)36)12-28-31(20)16-8-6-14(11-27)7-9-16)21(32)29(2)22(33)30(13)17-5-3-4-15(10-17)23(24,25)26/h4,6-10,12H,3,5H2,1-2H3,(H,34,35,36). The molecule has 1 aromatic carbocycles. The van der Waals surface area contributed by atoms with Gasteiger partial charge < -0.3 is 0 Å². The predicted octanol–water partition coefficient (Wildman–Crippen LogP) is 2.95. The summed E-state index contributed by atoms with van der Waals surface area (Å²) in [5.74, 6) is 0. The van der Waals surface area contributed by atoms with E-state index in [2.05, 4.69) is 5.10 Å². The van der Waals surface area contributed by atoms with Gasteiger partial charge in [0.1, 0.15) is 10.6 Å². The topological polar surface area (TPSA) is 140 Å². The van der Waals surface area contributed by atoms with E-state index in [1.807, 2.05) is 6.07 Å². The molecule has 2 aromatic heterocycles. The van der Waals surface area contributed by atoms with Crippen LogP contribution in [0.3, 0.4) is 0 Å². The van der Waals surface area contributed by atoms with E-state index in [-0.39, 0.29) is 41.0 Å². The fraction of sp³-hybridized carbons (Fsp3) is 0.217. The number of aromatic nitrogens is 4. The molecule has 1 N–H and O–H groups in total. The van der Waals surface area contributed by atoms with Crippen LogP contribution in [-0.2, 0) is 17.2 Å². The van der Waals surface area contributed by atoms with Crippen molar-refractivity contribution in [2.24, 2.45) is 7.05 Å². The lowest BCUT2D eigenvalue weighted by molar-refractivity contribution is -0.0885. The molecule has 0 bridgehead atoms. The van der Waals surface area contributed by atoms with Crippen LogP contribution in [0.5, 0.6) is 0 Å². The molecule has 10 nitrogen and oxygen atoms in total. The summed E-state index contributed by atoms with van der Waals surface area (Å²) in [6, 6.07) is 7.59. The van der Waals surface area contributed by atoms with E-state index in [0.717, 1.165) is 34.6 Å². The molecule has 1 aliphatic rings. The molecule has 0 saturated carbocycles. The largest absolute Gasteiger partial charge is 0.416 e. The first kappa shape index (κ1) is 25.9. The van der Waals surface area contributed by atoms with Crippen molar-refractivity contribution in [3.63, 3.8) is 0 Å². The third kappa shape index (κ3) is 4.54. The molecular weight excluding hydrogens is 515 g/mol. The van der Waals surface area contributed by atoms with Crippen molar-refractivity contribution < 1.29 is 26.1 Å². The third-order valence-electron chi connectivity index (χ3n) is 5.89. The number of halogens is 3. The molecule has 37 heavy (non-hydrogen) atoms. The summed E-state index contributed by atoms with van der Waals surface area (Å²) < 4.78 is 77.0. The molecule has 0 aliphatic heterocycles. The van der Waals surface area contributed by atoms with Crippen LogP contribution < -0.4 is 11.2 Å². The van der Waals surface area contributed by atoms with Gasteiger partial charge in [-0.15, -0.1) is 0 Å². The van der Waals surface area contributed by atoms with Crippen molar-refractivity contribution in [1.29, 1.82) is 5.26 Å². The van der Waals surface area contributed by atoms with Crippen LogP contribution in [0.1, 0.15) is 24.1 Å². The van der Waals surface area contributed by atoms with Gasteiger partial charge in [0.2, 0.25) is 0 Å². The van der Waals surface area contributed by atoms with Crippen LogP contribution in [0.25, 0.3) is 22.6 Å². The van der Waals surface area contributed by atoms with Crippen LogP contribution >= 0.6 is 0 Å². The molecule has 0 amide bonds. The van der Waals surface area contributed by atoms with Crippen molar-refractivity contribution in [1.82, 2.24) is 18.9 Å². The van der Waals surface area contributed by atoms with E-state index in [1.165, 1.54) is 31.2 Å². The van der Waals surface area contributed by atoms with Crippen molar-refractivity contribution in [2.75, 3.05) is 0 Å². The minimum absolute atomic E-state index is 0.0236. The molecule has 1 aliphatic carbocycles. The highest BCUT2D eigenvalue weighted by molar-refractivity contribution is 7.86. The average molecular weight is 533 g/mol. The zero-order valence-electron chi connectivity index (χ0n) is 19.3. The molecule has 0 fully saturated rings. The van der Waals surface area contributed by atoms with Crippen molar-refractivity contribution in [3.8, 4) is 23.0 Å². The summed E-state index contributed by atoms with van der Waals surface area (Å²) in [4.78, 5) is 25.6. The number of nitrogens with zero attached hydrogens (tertiary/aromatic N) is 5. The molecule has 0 spiro atoms. The van der Waals surface area contributed by atoms with Gasteiger partial charge in [0.15, 0.2) is 0 Å². The number of hydrogen-bond acceptors (Lipinski definition) is 6. The quantitative estimate of drug-likeness (QED) is 0.509. The zero-order chi connectivity index (χ0) is 27.3. The number of hydrogen-bond donors (Lipinski definition) is 1. The Bertz CT molecular complexity index is 1750. The number of benzene rings is 1. The summed E-state index contributed by atoms with van der Waals surface area (Å²) in [7, 11) is -3.85. The lowest BCUT2D eigenvalue weighted by Crippen LogP contribution is -2.40. The van der Waals surface area contributed by atoms with E-state index in [4.69, 9.17) is 5.26 Å². The summed E-state index contributed by atoms with van der Waals surface area (Å²) in [5.41, 5.74) is -3.33. The van der Waals surface area contributed by atoms with Crippen molar-refractivity contribution in [2.45, 2.75) is 30.8 Å². The monoisotopic (exact) mass is 533 g/mol. The molecule has 3 aromatic rings. The SMILES string of the molecule is Cc1c(-c2c(S(=O)(=O)O)cnn2-c2ccc(C#N)cc2)c(=O)n(C)c(=O)n1C1=CC(C(F)(F)F)=CCC1. The number of alkyl halides is 3. The van der Waals surface area contributed by atoms with E-state index >= 15 is 0 Å². The first-order valence-electron chi connectivity index (χ1n) is 10.6. The Kier molecular flexibility index (Phi) is 6.30. The van der Waals surface area contributed by atoms with Crippen LogP contribution in [0, 0.1) is 18.3 Å². The lowest BCUT2D eigenvalue weighted by atomic mass is 10.0. The molecule has 192 valence electrons. The minimum atomic E-state index is -4.95. The summed E-state index contributed by atoms with van der Waals surface area (Å²) in [6.07, 6.45) is -2.06. The number of rotatable bonds is 4. The van der Waals surface area contributed by atoms with Gasteiger partial charge in [-0.3, -0.25) is 18.5 Å². The van der Waals surface area contributed by atoms with Crippen LogP contribution in [0.4, 0.5) is 13.2 Å². The second-order valence-corrected chi connectivity index (χ2v) is 9.57. The number of allylic oxidation sites excluding steroid dienone is 4. The second kappa shape index (κ2) is 9.02. The van der Waals surface area contributed by atoms with Crippen molar-refractivity contribution in [3.05, 3.63) is 80.3 Å². The first-order valence-corrected chi connectivity index (χ1v) is 12.1. The summed E-state index contributed by atoms with van der Waals surface area (Å²) in [6.45, 7) is 1.29. The van der Waals surface area contributed by atoms with Crippen LogP contribution in [-0.4, -0.2) is 38.1 Å². The van der Waals surface area contributed by atoms with Gasteiger partial charge >= 0.3 is 11.9 Å². The van der Waals surface area contributed by atoms with Crippen molar-refractivity contribution >= 4 is 15.8 Å². The minimum Gasteiger partial charge on any atom is -0.282 e. The van der Waals surface area contributed by atoms with E-state index in [9.17, 15) is 35.7 Å². The van der Waals surface area contributed by atoms with Gasteiger partial charge in [0, 0.05) is 18.4 Å². The zero-order valence-corrected chi connectivity index (χ0v) is 20.1. The fourth-order valence-corrected chi connectivity index (χ4v) is 4.72. The van der Waals surface area contributed by atoms with E-state index < -0.39 is 43.7 Å². The third-order valence-corrected chi connectivity index (χ3v) is 6.74. The molecule has 0 unspecified atom stereocenters. The van der Waals surface area contributed by atoms with Gasteiger partial charge in [-0.25, -0.2) is 9.48 Å². The van der Waals surface area contributed by atoms with Crippen LogP contribution in [0.2, 0.25) is 0 Å². The smallest absolute Gasteiger partial charge is 0.282 e. The molecule has 0 radical (unpaired) electrons. The first-order chi connectivity index (χ1) is 17.3. The van der Waals surface area contributed by atoms with Gasteiger partial charge in [-0.1, -0.05) is 6.08 Å². The van der Waals surface area contributed by atoms with Gasteiger partial charge in [0.25, 0.3) is 15.7 Å². The average Bonchev–Trinajstić information content (AvgIpc) is 3.28. The number of nitriles is 1. The van der Waals surface area contributed by atoms with Gasteiger partial charge in [0.05, 0.1) is 34.7 Å². The molecule has 0 saturated heterocycles. The Labute approximate surface area is 207 Å². The highest BCUT2D eigenvalue weighted by atomic mass is 32.2. The lowest BCUT2D eigenvalue weighted by Gasteiger charge is -2.22. The highest BCUT2D eigenvalue weighted by Gasteiger charge is 2.34. The predicted molar refractivity (Wildman–Crippen MR) is 125 cm³/mol. The van der Waals surface area contributed by atoms with Crippen LogP contribution in [0.15, 0.2) is 62.7 Å². The Balaban J connectivity index is 2.09. The molecule has 14 heteroatoms. The molecule has 0 atom stereocenters. The highest BCUT2D eigenvalue weighted by Crippen LogP contribution is 2.35. The summed E-state index contributed by atoms with van der Waals surface area (Å²) in [5, 5.41) is 13.0. The Morgan fingerprint density at radius 3 is 2.38 bits per heavy atom. The maximum Gasteiger partial charge on any atom is 0.416 e. The van der Waals surface area contributed by atoms with E-state index in [1.54, 1.807) is 0 Å². The molecule has 2 heterocycles. The Morgan fingerprint density at radius 1 is 1.16 bits per heavy atom. The Morgan fingerprint density at radius 2 is 1.81 bits per heavy atom. The normalized spacial score (nSPS) is 14.2. The van der Waals surface area contributed by atoms with Gasteiger partial charge in [-0.2, -0.15) is 31.9 Å². The molecular formula is C23H18F3N5O5S. The van der Waals surface area contributed by atoms with E-state index in [0.29, 0.717) is 4.57 Å². The second-order valence-electron chi connectivity index (χ2n) is 8.18. The summed E-state index contributed by atoms with van der Waals surface area (Å²) >= 11 is 0. The van der Waals surface area contributed by atoms with Gasteiger partial charge in [-0.05, 0) is 50.1 Å². The molecule has 4 rings (SSSR count).